The van der Waals surface area contributed by atoms with Gasteiger partial charge in [-0.1, -0.05) is 48.0 Å². The Morgan fingerprint density at radius 3 is 2.64 bits per heavy atom. The molecule has 3 aromatic rings. The molecule has 0 atom stereocenters. The molecule has 0 saturated heterocycles. The Balaban J connectivity index is 2.00. The topological polar surface area (TPSA) is 46.5 Å². The van der Waals surface area contributed by atoms with Crippen LogP contribution in [0.15, 0.2) is 54.6 Å². The predicted octanol–water partition coefficient (Wildman–Crippen LogP) is 4.73. The van der Waals surface area contributed by atoms with Crippen molar-refractivity contribution < 1.29 is 14.6 Å². The molecule has 110 valence electrons. The summed E-state index contributed by atoms with van der Waals surface area (Å²) in [5, 5.41) is 11.4. The molecular formula is C18H13ClO3. The molecule has 22 heavy (non-hydrogen) atoms. The fourth-order valence-electron chi connectivity index (χ4n) is 2.27. The Labute approximate surface area is 132 Å². The van der Waals surface area contributed by atoms with E-state index in [0.717, 1.165) is 16.3 Å². The van der Waals surface area contributed by atoms with Gasteiger partial charge in [-0.05, 0) is 36.1 Å². The van der Waals surface area contributed by atoms with E-state index in [4.69, 9.17) is 16.3 Å². The number of fused-ring (bicyclic) bond motifs is 1. The third-order valence-corrected chi connectivity index (χ3v) is 3.76. The van der Waals surface area contributed by atoms with Crippen LogP contribution in [0, 0.1) is 6.92 Å². The number of rotatable bonds is 2. The number of hydrogen-bond acceptors (Lipinski definition) is 3. The van der Waals surface area contributed by atoms with E-state index in [9.17, 15) is 9.90 Å². The number of benzene rings is 3. The van der Waals surface area contributed by atoms with E-state index in [2.05, 4.69) is 0 Å². The molecule has 0 aliphatic heterocycles. The van der Waals surface area contributed by atoms with E-state index in [1.807, 2.05) is 43.3 Å². The van der Waals surface area contributed by atoms with Crippen LogP contribution in [-0.4, -0.2) is 11.1 Å². The molecule has 0 saturated carbocycles. The van der Waals surface area contributed by atoms with Gasteiger partial charge in [0.1, 0.15) is 11.5 Å². The first-order valence-electron chi connectivity index (χ1n) is 6.75. The molecule has 1 N–H and O–H groups in total. The van der Waals surface area contributed by atoms with Gasteiger partial charge in [0.2, 0.25) is 0 Å². The molecule has 3 nitrogen and oxygen atoms in total. The highest BCUT2D eigenvalue weighted by atomic mass is 35.5. The van der Waals surface area contributed by atoms with Gasteiger partial charge in [-0.15, -0.1) is 0 Å². The molecule has 0 aromatic heterocycles. The molecule has 0 spiro atoms. The highest BCUT2D eigenvalue weighted by Gasteiger charge is 2.14. The zero-order chi connectivity index (χ0) is 15.7. The van der Waals surface area contributed by atoms with Crippen LogP contribution in [0.2, 0.25) is 5.02 Å². The molecule has 0 fully saturated rings. The number of aryl methyl sites for hydroxylation is 1. The van der Waals surface area contributed by atoms with Gasteiger partial charge in [0, 0.05) is 5.39 Å². The van der Waals surface area contributed by atoms with Crippen LogP contribution >= 0.6 is 11.6 Å². The number of carbonyl (C=O) groups is 1. The maximum absolute atomic E-state index is 12.3. The van der Waals surface area contributed by atoms with Crippen molar-refractivity contribution in [2.75, 3.05) is 0 Å². The third-order valence-electron chi connectivity index (χ3n) is 3.45. The molecule has 4 heteroatoms. The zero-order valence-electron chi connectivity index (χ0n) is 11.8. The molecule has 0 unspecified atom stereocenters. The summed E-state index contributed by atoms with van der Waals surface area (Å²) in [6.45, 7) is 1.89. The van der Waals surface area contributed by atoms with Crippen molar-refractivity contribution in [1.29, 1.82) is 0 Å². The Morgan fingerprint density at radius 1 is 1.09 bits per heavy atom. The van der Waals surface area contributed by atoms with Crippen LogP contribution in [0.5, 0.6) is 11.5 Å². The van der Waals surface area contributed by atoms with Gasteiger partial charge in [-0.3, -0.25) is 0 Å². The van der Waals surface area contributed by atoms with E-state index >= 15 is 0 Å². The molecule has 0 amide bonds. The molecule has 0 radical (unpaired) electrons. The van der Waals surface area contributed by atoms with Crippen molar-refractivity contribution in [3.8, 4) is 11.5 Å². The smallest absolute Gasteiger partial charge is 0.343 e. The van der Waals surface area contributed by atoms with Crippen molar-refractivity contribution in [2.24, 2.45) is 0 Å². The van der Waals surface area contributed by atoms with Gasteiger partial charge in [0.25, 0.3) is 0 Å². The second kappa shape index (κ2) is 5.70. The zero-order valence-corrected chi connectivity index (χ0v) is 12.6. The Morgan fingerprint density at radius 2 is 1.86 bits per heavy atom. The Bertz CT molecular complexity index is 871. The normalized spacial score (nSPS) is 10.6. The van der Waals surface area contributed by atoms with E-state index in [-0.39, 0.29) is 16.3 Å². The van der Waals surface area contributed by atoms with Crippen molar-refractivity contribution in [3.05, 3.63) is 70.7 Å². The molecular weight excluding hydrogens is 300 g/mol. The van der Waals surface area contributed by atoms with E-state index in [1.165, 1.54) is 18.2 Å². The highest BCUT2D eigenvalue weighted by Crippen LogP contribution is 2.31. The van der Waals surface area contributed by atoms with Gasteiger partial charge in [-0.25, -0.2) is 4.79 Å². The number of ether oxygens (including phenoxy) is 1. The maximum atomic E-state index is 12.3. The summed E-state index contributed by atoms with van der Waals surface area (Å²) < 4.78 is 5.56. The number of aromatic hydroxyl groups is 1. The molecule has 3 aromatic carbocycles. The van der Waals surface area contributed by atoms with Gasteiger partial charge in [0.05, 0.1) is 10.6 Å². The quantitative estimate of drug-likeness (QED) is 0.550. The lowest BCUT2D eigenvalue weighted by Crippen LogP contribution is -2.09. The molecule has 0 aliphatic carbocycles. The third kappa shape index (κ3) is 2.63. The fourth-order valence-corrected chi connectivity index (χ4v) is 2.45. The summed E-state index contributed by atoms with van der Waals surface area (Å²) in [5.41, 5.74) is 1.16. The Hall–Kier alpha value is -2.52. The first kappa shape index (κ1) is 14.4. The van der Waals surface area contributed by atoms with Gasteiger partial charge < -0.3 is 9.84 Å². The molecule has 0 heterocycles. The number of halogens is 1. The summed E-state index contributed by atoms with van der Waals surface area (Å²) >= 11 is 5.83. The lowest BCUT2D eigenvalue weighted by molar-refractivity contribution is 0.0736. The van der Waals surface area contributed by atoms with Crippen LogP contribution in [0.4, 0.5) is 0 Å². The minimum Gasteiger partial charge on any atom is -0.506 e. The maximum Gasteiger partial charge on any atom is 0.343 e. The summed E-state index contributed by atoms with van der Waals surface area (Å²) in [6, 6.07) is 15.8. The summed E-state index contributed by atoms with van der Waals surface area (Å²) in [5.74, 6) is -0.0480. The minimum absolute atomic E-state index is 0.0699. The van der Waals surface area contributed by atoms with Crippen LogP contribution in [0.3, 0.4) is 0 Å². The van der Waals surface area contributed by atoms with Gasteiger partial charge in [0.15, 0.2) is 0 Å². The van der Waals surface area contributed by atoms with Crippen molar-refractivity contribution >= 4 is 28.3 Å². The van der Waals surface area contributed by atoms with Crippen molar-refractivity contribution in [3.63, 3.8) is 0 Å². The molecule has 3 rings (SSSR count). The van der Waals surface area contributed by atoms with E-state index in [0.29, 0.717) is 5.75 Å². The number of carbonyl (C=O) groups excluding carboxylic acids is 1. The SMILES string of the molecule is Cc1ccc2ccccc2c1OC(=O)c1ccc(O)c(Cl)c1. The van der Waals surface area contributed by atoms with Crippen molar-refractivity contribution in [1.82, 2.24) is 0 Å². The fraction of sp³-hybridized carbons (Fsp3) is 0.0556. The van der Waals surface area contributed by atoms with Gasteiger partial charge in [-0.2, -0.15) is 0 Å². The first-order valence-corrected chi connectivity index (χ1v) is 7.13. The second-order valence-electron chi connectivity index (χ2n) is 4.99. The average molecular weight is 313 g/mol. The summed E-state index contributed by atoms with van der Waals surface area (Å²) in [7, 11) is 0. The predicted molar refractivity (Wildman–Crippen MR) is 86.8 cm³/mol. The Kier molecular flexibility index (Phi) is 3.73. The van der Waals surface area contributed by atoms with Crippen LogP contribution in [-0.2, 0) is 0 Å². The number of phenols is 1. The van der Waals surface area contributed by atoms with Crippen LogP contribution in [0.1, 0.15) is 15.9 Å². The standard InChI is InChI=1S/C18H13ClO3/c1-11-6-7-12-4-2-3-5-14(12)17(11)22-18(21)13-8-9-16(20)15(19)10-13/h2-10,20H,1H3. The van der Waals surface area contributed by atoms with E-state index < -0.39 is 5.97 Å². The summed E-state index contributed by atoms with van der Waals surface area (Å²) in [4.78, 5) is 12.3. The van der Waals surface area contributed by atoms with Crippen LogP contribution in [0.25, 0.3) is 10.8 Å². The largest absolute Gasteiger partial charge is 0.506 e. The summed E-state index contributed by atoms with van der Waals surface area (Å²) in [6.07, 6.45) is 0. The average Bonchev–Trinajstić information content (AvgIpc) is 2.52. The molecule has 0 aliphatic rings. The van der Waals surface area contributed by atoms with Crippen LogP contribution < -0.4 is 4.74 Å². The van der Waals surface area contributed by atoms with E-state index in [1.54, 1.807) is 0 Å². The second-order valence-corrected chi connectivity index (χ2v) is 5.40. The lowest BCUT2D eigenvalue weighted by Gasteiger charge is -2.11. The lowest BCUT2D eigenvalue weighted by atomic mass is 10.1. The number of esters is 1. The number of phenolic OH excluding ortho intramolecular Hbond substituents is 1. The number of hydrogen-bond donors (Lipinski definition) is 1. The highest BCUT2D eigenvalue weighted by molar-refractivity contribution is 6.32. The van der Waals surface area contributed by atoms with Crippen molar-refractivity contribution in [2.45, 2.75) is 6.92 Å². The molecule has 0 bridgehead atoms. The monoisotopic (exact) mass is 312 g/mol. The first-order chi connectivity index (χ1) is 10.6. The minimum atomic E-state index is -0.513. The van der Waals surface area contributed by atoms with Gasteiger partial charge >= 0.3 is 5.97 Å².